The van der Waals surface area contributed by atoms with E-state index in [1.165, 1.54) is 0 Å². The van der Waals surface area contributed by atoms with Gasteiger partial charge in [-0.1, -0.05) is 35.3 Å². The van der Waals surface area contributed by atoms with Gasteiger partial charge in [0.15, 0.2) is 5.82 Å². The van der Waals surface area contributed by atoms with E-state index in [-0.39, 0.29) is 18.3 Å². The number of nitrogens with zero attached hydrogens (tertiary/aromatic N) is 5. The normalized spacial score (nSPS) is 12.1. The number of nitrogens with one attached hydrogen (secondary N) is 1. The van der Waals surface area contributed by atoms with Crippen molar-refractivity contribution >= 4 is 46.6 Å². The molecule has 4 N–H and O–H groups in total. The van der Waals surface area contributed by atoms with Gasteiger partial charge in [0.2, 0.25) is 11.9 Å². The molecule has 0 unspecified atom stereocenters. The molecular weight excluding hydrogens is 441 g/mol. The number of aromatic nitrogens is 5. The lowest BCUT2D eigenvalue weighted by Crippen LogP contribution is -2.32. The number of pyridine rings is 1. The van der Waals surface area contributed by atoms with E-state index in [4.69, 9.17) is 28.9 Å². The monoisotopic (exact) mass is 457 g/mol. The molecule has 0 bridgehead atoms. The van der Waals surface area contributed by atoms with Gasteiger partial charge in [0.05, 0.1) is 21.8 Å². The van der Waals surface area contributed by atoms with Crippen molar-refractivity contribution in [1.82, 2.24) is 24.3 Å². The molecule has 1 atom stereocenters. The van der Waals surface area contributed by atoms with Crippen LogP contribution in [-0.4, -0.2) is 41.5 Å². The SMILES string of the molecule is Cc1ncc2ccc(-c3nc(N)nc(N[C@@H](Cc4cccc(Cl)c4Cl)C(=O)O)n3)cn12. The fourth-order valence-corrected chi connectivity index (χ4v) is 3.52. The van der Waals surface area contributed by atoms with Crippen LogP contribution in [0.4, 0.5) is 11.9 Å². The van der Waals surface area contributed by atoms with Crippen molar-refractivity contribution < 1.29 is 9.90 Å². The van der Waals surface area contributed by atoms with Crippen molar-refractivity contribution in [2.75, 3.05) is 11.1 Å². The lowest BCUT2D eigenvalue weighted by molar-refractivity contribution is -0.137. The van der Waals surface area contributed by atoms with Crippen LogP contribution in [0.2, 0.25) is 10.0 Å². The van der Waals surface area contributed by atoms with E-state index in [0.717, 1.165) is 11.3 Å². The van der Waals surface area contributed by atoms with Crippen LogP contribution < -0.4 is 11.1 Å². The molecule has 0 spiro atoms. The second kappa shape index (κ2) is 8.37. The molecule has 158 valence electrons. The molecule has 0 saturated heterocycles. The Labute approximate surface area is 186 Å². The molecular formula is C20H17Cl2N7O2. The number of aliphatic carboxylic acids is 1. The maximum absolute atomic E-state index is 11.8. The maximum Gasteiger partial charge on any atom is 0.326 e. The zero-order valence-electron chi connectivity index (χ0n) is 16.3. The van der Waals surface area contributed by atoms with Gasteiger partial charge in [-0.15, -0.1) is 0 Å². The highest BCUT2D eigenvalue weighted by atomic mass is 35.5. The van der Waals surface area contributed by atoms with Crippen molar-refractivity contribution in [3.8, 4) is 11.4 Å². The quantitative estimate of drug-likeness (QED) is 0.400. The van der Waals surface area contributed by atoms with Crippen molar-refractivity contribution in [1.29, 1.82) is 0 Å². The first-order chi connectivity index (χ1) is 14.8. The molecule has 0 fully saturated rings. The third kappa shape index (κ3) is 4.37. The number of carbonyl (C=O) groups is 1. The van der Waals surface area contributed by atoms with Crippen LogP contribution in [0.25, 0.3) is 16.9 Å². The van der Waals surface area contributed by atoms with Gasteiger partial charge in [-0.05, 0) is 30.7 Å². The van der Waals surface area contributed by atoms with Gasteiger partial charge < -0.3 is 20.6 Å². The smallest absolute Gasteiger partial charge is 0.326 e. The third-order valence-corrected chi connectivity index (χ3v) is 5.54. The zero-order chi connectivity index (χ0) is 22.1. The van der Waals surface area contributed by atoms with Gasteiger partial charge in [0.1, 0.15) is 11.9 Å². The van der Waals surface area contributed by atoms with Crippen LogP contribution in [0.5, 0.6) is 0 Å². The molecule has 11 heteroatoms. The molecule has 0 radical (unpaired) electrons. The van der Waals surface area contributed by atoms with Crippen molar-refractivity contribution in [2.24, 2.45) is 0 Å². The van der Waals surface area contributed by atoms with E-state index in [2.05, 4.69) is 25.3 Å². The highest BCUT2D eigenvalue weighted by Crippen LogP contribution is 2.27. The second-order valence-corrected chi connectivity index (χ2v) is 7.60. The Balaban J connectivity index is 1.65. The minimum absolute atomic E-state index is 0.0375. The fraction of sp³-hybridized carbons (Fsp3) is 0.150. The number of carboxylic acid groups (broad SMARTS) is 1. The van der Waals surface area contributed by atoms with Crippen LogP contribution >= 0.6 is 23.2 Å². The predicted molar refractivity (Wildman–Crippen MR) is 118 cm³/mol. The summed E-state index contributed by atoms with van der Waals surface area (Å²) in [6, 6.07) is 7.69. The molecule has 0 aliphatic heterocycles. The largest absolute Gasteiger partial charge is 0.480 e. The van der Waals surface area contributed by atoms with Crippen LogP contribution in [-0.2, 0) is 11.2 Å². The number of carboxylic acids is 1. The Morgan fingerprint density at radius 1 is 1.23 bits per heavy atom. The molecule has 4 rings (SSSR count). The molecule has 0 amide bonds. The van der Waals surface area contributed by atoms with Gasteiger partial charge in [-0.3, -0.25) is 0 Å². The fourth-order valence-electron chi connectivity index (χ4n) is 3.12. The highest BCUT2D eigenvalue weighted by Gasteiger charge is 2.22. The van der Waals surface area contributed by atoms with Gasteiger partial charge in [0, 0.05) is 18.2 Å². The summed E-state index contributed by atoms with van der Waals surface area (Å²) in [5, 5.41) is 13.1. The van der Waals surface area contributed by atoms with Crippen LogP contribution in [0.15, 0.2) is 42.7 Å². The summed E-state index contributed by atoms with van der Waals surface area (Å²) in [6.45, 7) is 1.88. The summed E-state index contributed by atoms with van der Waals surface area (Å²) in [4.78, 5) is 28.7. The van der Waals surface area contributed by atoms with Gasteiger partial charge >= 0.3 is 5.97 Å². The summed E-state index contributed by atoms with van der Waals surface area (Å²) in [5.41, 5.74) is 8.04. The van der Waals surface area contributed by atoms with Crippen LogP contribution in [0.1, 0.15) is 11.4 Å². The zero-order valence-corrected chi connectivity index (χ0v) is 17.8. The Morgan fingerprint density at radius 2 is 2.03 bits per heavy atom. The maximum atomic E-state index is 11.8. The number of hydrogen-bond acceptors (Lipinski definition) is 7. The topological polar surface area (TPSA) is 131 Å². The van der Waals surface area contributed by atoms with E-state index < -0.39 is 12.0 Å². The standard InChI is InChI=1S/C20H17Cl2N7O2/c1-10-24-8-13-6-5-12(9-29(10)13)17-26-19(23)28-20(27-17)25-15(18(30)31)7-11-3-2-4-14(21)16(11)22/h2-6,8-9,15H,7H2,1H3,(H,30,31)(H3,23,25,26,27,28)/t15-/m0/s1. The average Bonchev–Trinajstić information content (AvgIpc) is 3.10. The number of aryl methyl sites for hydroxylation is 1. The number of nitrogens with two attached hydrogens (primary N) is 1. The molecule has 3 heterocycles. The summed E-state index contributed by atoms with van der Waals surface area (Å²) in [7, 11) is 0. The van der Waals surface area contributed by atoms with Gasteiger partial charge in [0.25, 0.3) is 0 Å². The number of fused-ring (bicyclic) bond motifs is 1. The minimum Gasteiger partial charge on any atom is -0.480 e. The highest BCUT2D eigenvalue weighted by molar-refractivity contribution is 6.42. The van der Waals surface area contributed by atoms with Crippen molar-refractivity contribution in [3.63, 3.8) is 0 Å². The number of benzene rings is 1. The summed E-state index contributed by atoms with van der Waals surface area (Å²) < 4.78 is 1.89. The van der Waals surface area contributed by atoms with Crippen molar-refractivity contribution in [3.05, 3.63) is 64.2 Å². The van der Waals surface area contributed by atoms with E-state index in [9.17, 15) is 9.90 Å². The van der Waals surface area contributed by atoms with Gasteiger partial charge in [-0.2, -0.15) is 15.0 Å². The first-order valence-electron chi connectivity index (χ1n) is 9.19. The Bertz CT molecular complexity index is 1290. The number of nitrogen functional groups attached to an aromatic ring is 1. The summed E-state index contributed by atoms with van der Waals surface area (Å²) in [5.74, 6) is -0.00101. The number of halogens is 2. The summed E-state index contributed by atoms with van der Waals surface area (Å²) in [6.07, 6.45) is 3.65. The molecule has 9 nitrogen and oxygen atoms in total. The molecule has 0 aliphatic rings. The number of anilines is 2. The van der Waals surface area contributed by atoms with E-state index in [1.807, 2.05) is 29.7 Å². The molecule has 0 saturated carbocycles. The summed E-state index contributed by atoms with van der Waals surface area (Å²) >= 11 is 12.2. The predicted octanol–water partition coefficient (Wildman–Crippen LogP) is 3.49. The molecule has 0 aliphatic carbocycles. The molecule has 4 aromatic rings. The Morgan fingerprint density at radius 3 is 2.81 bits per heavy atom. The van der Waals surface area contributed by atoms with Crippen LogP contribution in [0.3, 0.4) is 0 Å². The molecule has 31 heavy (non-hydrogen) atoms. The van der Waals surface area contributed by atoms with E-state index in [1.54, 1.807) is 24.4 Å². The van der Waals surface area contributed by atoms with Crippen molar-refractivity contribution in [2.45, 2.75) is 19.4 Å². The number of rotatable bonds is 6. The first-order valence-corrected chi connectivity index (χ1v) is 9.95. The second-order valence-electron chi connectivity index (χ2n) is 6.81. The van der Waals surface area contributed by atoms with E-state index in [0.29, 0.717) is 27.0 Å². The van der Waals surface area contributed by atoms with Crippen LogP contribution in [0, 0.1) is 6.92 Å². The third-order valence-electron chi connectivity index (χ3n) is 4.68. The lowest BCUT2D eigenvalue weighted by Gasteiger charge is -2.16. The molecule has 3 aromatic heterocycles. The molecule has 1 aromatic carbocycles. The Hall–Kier alpha value is -3.43. The number of imidazole rings is 1. The average molecular weight is 458 g/mol. The van der Waals surface area contributed by atoms with Gasteiger partial charge in [-0.25, -0.2) is 9.78 Å². The Kier molecular flexibility index (Phi) is 5.62. The lowest BCUT2D eigenvalue weighted by atomic mass is 10.1. The van der Waals surface area contributed by atoms with E-state index >= 15 is 0 Å². The minimum atomic E-state index is -1.10. The first kappa shape index (κ1) is 20.8. The number of hydrogen-bond donors (Lipinski definition) is 3.